The van der Waals surface area contributed by atoms with Gasteiger partial charge in [-0.1, -0.05) is 6.07 Å². The number of halogens is 1. The van der Waals surface area contributed by atoms with E-state index in [1.165, 1.54) is 11.6 Å². The van der Waals surface area contributed by atoms with Crippen LogP contribution in [-0.4, -0.2) is 33.2 Å². The normalized spacial score (nSPS) is 10.6. The van der Waals surface area contributed by atoms with Gasteiger partial charge < -0.3 is 20.1 Å². The molecule has 0 atom stereocenters. The number of carbonyl (C=O) groups excluding carboxylic acids is 1. The van der Waals surface area contributed by atoms with E-state index in [0.717, 1.165) is 0 Å². The van der Waals surface area contributed by atoms with Crippen LogP contribution in [0.2, 0.25) is 0 Å². The number of pyridine rings is 1. The molecule has 0 saturated carbocycles. The fourth-order valence-corrected chi connectivity index (χ4v) is 2.52. The van der Waals surface area contributed by atoms with Crippen molar-refractivity contribution in [1.29, 1.82) is 0 Å². The first-order valence-corrected chi connectivity index (χ1v) is 6.64. The average molecular weight is 355 g/mol. The number of carbonyl (C=O) groups is 2. The molecule has 0 aliphatic carbocycles. The van der Waals surface area contributed by atoms with Gasteiger partial charge in [-0.05, 0) is 28.1 Å². The Morgan fingerprint density at radius 3 is 2.67 bits per heavy atom. The molecule has 1 heterocycles. The van der Waals surface area contributed by atoms with Crippen LogP contribution in [-0.2, 0) is 11.8 Å². The van der Waals surface area contributed by atoms with Gasteiger partial charge in [0.15, 0.2) is 0 Å². The fraction of sp³-hybridized carbons (Fsp3) is 0.154. The Hall–Kier alpha value is -2.35. The summed E-state index contributed by atoms with van der Waals surface area (Å²) in [6, 6.07) is 4.97. The number of hydrogen-bond donors (Lipinski definition) is 3. The minimum Gasteiger partial charge on any atom is -0.506 e. The Bertz CT molecular complexity index is 812. The molecule has 0 aliphatic heterocycles. The first-order valence-electron chi connectivity index (χ1n) is 5.84. The number of benzene rings is 1. The second-order valence-corrected chi connectivity index (χ2v) is 5.15. The molecule has 0 fully saturated rings. The number of nitrogens with one attached hydrogen (secondary N) is 1. The summed E-state index contributed by atoms with van der Waals surface area (Å²) >= 11 is 3.25. The van der Waals surface area contributed by atoms with Crippen molar-refractivity contribution < 1.29 is 19.8 Å². The van der Waals surface area contributed by atoms with Crippen LogP contribution in [0.1, 0.15) is 10.4 Å². The molecular formula is C13H11BrN2O5. The third kappa shape index (κ3) is 2.62. The van der Waals surface area contributed by atoms with Gasteiger partial charge in [0.1, 0.15) is 17.9 Å². The molecule has 0 aliphatic rings. The number of amides is 1. The number of rotatable bonds is 3. The highest BCUT2D eigenvalue weighted by Gasteiger charge is 2.22. The molecule has 2 aromatic rings. The molecular weight excluding hydrogens is 344 g/mol. The van der Waals surface area contributed by atoms with Crippen LogP contribution in [0, 0.1) is 0 Å². The molecule has 0 radical (unpaired) electrons. The van der Waals surface area contributed by atoms with Crippen LogP contribution in [0.3, 0.4) is 0 Å². The Kier molecular flexibility index (Phi) is 3.99. The quantitative estimate of drug-likeness (QED) is 0.756. The van der Waals surface area contributed by atoms with E-state index in [4.69, 9.17) is 5.11 Å². The van der Waals surface area contributed by atoms with Gasteiger partial charge in [-0.15, -0.1) is 0 Å². The zero-order valence-electron chi connectivity index (χ0n) is 10.9. The van der Waals surface area contributed by atoms with Gasteiger partial charge in [0.25, 0.3) is 11.5 Å². The van der Waals surface area contributed by atoms with E-state index in [1.807, 2.05) is 0 Å². The van der Waals surface area contributed by atoms with Gasteiger partial charge >= 0.3 is 5.97 Å². The van der Waals surface area contributed by atoms with Gasteiger partial charge in [-0.25, -0.2) is 0 Å². The second kappa shape index (κ2) is 5.57. The van der Waals surface area contributed by atoms with E-state index in [9.17, 15) is 19.5 Å². The average Bonchev–Trinajstić information content (AvgIpc) is 2.42. The number of aromatic nitrogens is 1. The smallest absolute Gasteiger partial charge is 0.322 e. The van der Waals surface area contributed by atoms with Gasteiger partial charge in [0.05, 0.1) is 10.9 Å². The molecule has 1 amide bonds. The van der Waals surface area contributed by atoms with Crippen molar-refractivity contribution in [2.45, 2.75) is 0 Å². The Balaban J connectivity index is 2.70. The second-order valence-electron chi connectivity index (χ2n) is 4.30. The minimum absolute atomic E-state index is 0.306. The van der Waals surface area contributed by atoms with Crippen molar-refractivity contribution in [2.24, 2.45) is 7.05 Å². The maximum atomic E-state index is 12.2. The first-order chi connectivity index (χ1) is 9.84. The van der Waals surface area contributed by atoms with Crippen molar-refractivity contribution >= 4 is 38.7 Å². The summed E-state index contributed by atoms with van der Waals surface area (Å²) in [7, 11) is 1.46. The van der Waals surface area contributed by atoms with Crippen LogP contribution in [0.25, 0.3) is 10.9 Å². The monoisotopic (exact) mass is 354 g/mol. The van der Waals surface area contributed by atoms with Crippen molar-refractivity contribution in [1.82, 2.24) is 9.88 Å². The Labute approximate surface area is 126 Å². The van der Waals surface area contributed by atoms with E-state index in [0.29, 0.717) is 15.4 Å². The summed E-state index contributed by atoms with van der Waals surface area (Å²) in [5.74, 6) is -2.67. The number of aryl methyl sites for hydroxylation is 1. The molecule has 7 nitrogen and oxygen atoms in total. The van der Waals surface area contributed by atoms with E-state index in [2.05, 4.69) is 21.2 Å². The SMILES string of the molecule is Cn1c(=O)c(C(=O)NCC(=O)O)c(O)c2c(Br)cccc21. The van der Waals surface area contributed by atoms with Crippen LogP contribution >= 0.6 is 15.9 Å². The lowest BCUT2D eigenvalue weighted by Crippen LogP contribution is -2.35. The third-order valence-corrected chi connectivity index (χ3v) is 3.63. The van der Waals surface area contributed by atoms with Crippen LogP contribution in [0.4, 0.5) is 0 Å². The molecule has 2 rings (SSSR count). The molecule has 1 aromatic carbocycles. The number of carboxylic acids is 1. The molecule has 3 N–H and O–H groups in total. The summed E-state index contributed by atoms with van der Waals surface area (Å²) in [6.45, 7) is -0.643. The number of aliphatic carboxylic acids is 1. The van der Waals surface area contributed by atoms with Gasteiger partial charge in [-0.3, -0.25) is 14.4 Å². The van der Waals surface area contributed by atoms with Crippen molar-refractivity contribution in [3.63, 3.8) is 0 Å². The van der Waals surface area contributed by atoms with E-state index < -0.39 is 35.3 Å². The summed E-state index contributed by atoms with van der Waals surface area (Å²) in [4.78, 5) is 34.6. The highest BCUT2D eigenvalue weighted by molar-refractivity contribution is 9.10. The summed E-state index contributed by atoms with van der Waals surface area (Å²) in [5.41, 5.74) is -0.749. The Morgan fingerprint density at radius 1 is 1.38 bits per heavy atom. The third-order valence-electron chi connectivity index (χ3n) is 2.97. The zero-order chi connectivity index (χ0) is 15.7. The molecule has 8 heteroatoms. The molecule has 21 heavy (non-hydrogen) atoms. The van der Waals surface area contributed by atoms with E-state index in [-0.39, 0.29) is 0 Å². The van der Waals surface area contributed by atoms with Crippen LogP contribution in [0.5, 0.6) is 5.75 Å². The molecule has 0 saturated heterocycles. The number of carboxylic acid groups (broad SMARTS) is 1. The largest absolute Gasteiger partial charge is 0.506 e. The van der Waals surface area contributed by atoms with Crippen molar-refractivity contribution in [3.8, 4) is 5.75 Å². The standard InChI is InChI=1S/C13H11BrN2O5/c1-16-7-4-2-3-6(14)9(7)11(19)10(13(16)21)12(20)15-5-8(17)18/h2-4,19H,5H2,1H3,(H,15,20)(H,17,18). The van der Waals surface area contributed by atoms with E-state index >= 15 is 0 Å². The van der Waals surface area contributed by atoms with Crippen molar-refractivity contribution in [2.75, 3.05) is 6.54 Å². The Morgan fingerprint density at radius 2 is 2.05 bits per heavy atom. The highest BCUT2D eigenvalue weighted by Crippen LogP contribution is 2.32. The summed E-state index contributed by atoms with van der Waals surface area (Å²) < 4.78 is 1.73. The van der Waals surface area contributed by atoms with Gasteiger partial charge in [0, 0.05) is 11.5 Å². The number of fused-ring (bicyclic) bond motifs is 1. The maximum absolute atomic E-state index is 12.2. The van der Waals surface area contributed by atoms with Crippen LogP contribution in [0.15, 0.2) is 27.5 Å². The predicted octanol–water partition coefficient (Wildman–Crippen LogP) is 0.821. The summed E-state index contributed by atoms with van der Waals surface area (Å²) in [6.07, 6.45) is 0. The molecule has 0 bridgehead atoms. The molecule has 1 aromatic heterocycles. The fourth-order valence-electron chi connectivity index (χ4n) is 1.98. The maximum Gasteiger partial charge on any atom is 0.322 e. The molecule has 0 spiro atoms. The first kappa shape index (κ1) is 15.0. The zero-order valence-corrected chi connectivity index (χ0v) is 12.5. The van der Waals surface area contributed by atoms with Gasteiger partial charge in [0.2, 0.25) is 0 Å². The molecule has 0 unspecified atom stereocenters. The van der Waals surface area contributed by atoms with Gasteiger partial charge in [-0.2, -0.15) is 0 Å². The predicted molar refractivity (Wildman–Crippen MR) is 78.5 cm³/mol. The van der Waals surface area contributed by atoms with Crippen LogP contribution < -0.4 is 10.9 Å². The van der Waals surface area contributed by atoms with Crippen molar-refractivity contribution in [3.05, 3.63) is 38.6 Å². The number of aromatic hydroxyl groups is 1. The number of hydrogen-bond acceptors (Lipinski definition) is 4. The highest BCUT2D eigenvalue weighted by atomic mass is 79.9. The lowest BCUT2D eigenvalue weighted by Gasteiger charge is -2.12. The molecule has 110 valence electrons. The minimum atomic E-state index is -1.25. The lowest BCUT2D eigenvalue weighted by atomic mass is 10.1. The summed E-state index contributed by atoms with van der Waals surface area (Å²) in [5, 5.41) is 21.1. The van der Waals surface area contributed by atoms with E-state index in [1.54, 1.807) is 18.2 Å². The topological polar surface area (TPSA) is 109 Å². The lowest BCUT2D eigenvalue weighted by molar-refractivity contribution is -0.135. The number of nitrogens with zero attached hydrogens (tertiary/aromatic N) is 1.